The van der Waals surface area contributed by atoms with Gasteiger partial charge in [0.2, 0.25) is 0 Å². The lowest BCUT2D eigenvalue weighted by Crippen LogP contribution is -2.24. The van der Waals surface area contributed by atoms with Crippen LogP contribution in [0.1, 0.15) is 51.3 Å². The number of hydrogen-bond acceptors (Lipinski definition) is 2. The van der Waals surface area contributed by atoms with Crippen molar-refractivity contribution in [3.05, 3.63) is 29.3 Å². The fourth-order valence-electron chi connectivity index (χ4n) is 3.50. The molecule has 1 saturated carbocycles. The average Bonchev–Trinajstić information content (AvgIpc) is 2.79. The molecule has 1 N–H and O–H groups in total. The number of hydrogen-bond donors (Lipinski definition) is 1. The summed E-state index contributed by atoms with van der Waals surface area (Å²) in [6, 6.07) is 7.21. The lowest BCUT2D eigenvalue weighted by molar-refractivity contribution is 0.138. The third kappa shape index (κ3) is 2.27. The Bertz CT molecular complexity index is 504. The molecule has 1 heterocycles. The minimum Gasteiger partial charge on any atom is -0.487 e. The Morgan fingerprint density at radius 2 is 1.95 bits per heavy atom. The Morgan fingerprint density at radius 1 is 1.26 bits per heavy atom. The number of benzene rings is 1. The Balaban J connectivity index is 1.87. The second kappa shape index (κ2) is 3.99. The van der Waals surface area contributed by atoms with Gasteiger partial charge in [0, 0.05) is 12.5 Å². The maximum Gasteiger partial charge on any atom is 0.123 e. The fraction of sp³-hybridized carbons (Fsp3) is 0.647. The highest BCUT2D eigenvalue weighted by Crippen LogP contribution is 2.57. The van der Waals surface area contributed by atoms with E-state index in [4.69, 9.17) is 4.74 Å². The van der Waals surface area contributed by atoms with Gasteiger partial charge in [0.25, 0.3) is 0 Å². The van der Waals surface area contributed by atoms with Crippen LogP contribution in [0.15, 0.2) is 18.2 Å². The third-order valence-corrected chi connectivity index (χ3v) is 4.75. The third-order valence-electron chi connectivity index (χ3n) is 4.75. The minimum absolute atomic E-state index is 0.0467. The van der Waals surface area contributed by atoms with E-state index in [2.05, 4.69) is 58.3 Å². The molecule has 2 heteroatoms. The second-order valence-electron chi connectivity index (χ2n) is 7.47. The highest BCUT2D eigenvalue weighted by molar-refractivity contribution is 5.43. The fourth-order valence-corrected chi connectivity index (χ4v) is 3.50. The van der Waals surface area contributed by atoms with Gasteiger partial charge in [-0.15, -0.1) is 0 Å². The van der Waals surface area contributed by atoms with Crippen LogP contribution in [0, 0.1) is 11.3 Å². The van der Waals surface area contributed by atoms with Crippen molar-refractivity contribution >= 4 is 0 Å². The predicted octanol–water partition coefficient (Wildman–Crippen LogP) is 3.71. The Hall–Kier alpha value is -1.02. The number of ether oxygens (including phenoxy) is 1. The Labute approximate surface area is 116 Å². The van der Waals surface area contributed by atoms with Crippen LogP contribution >= 0.6 is 0 Å². The molecule has 0 radical (unpaired) electrons. The predicted molar refractivity (Wildman–Crippen MR) is 78.5 cm³/mol. The quantitative estimate of drug-likeness (QED) is 0.893. The minimum atomic E-state index is -0.0467. The van der Waals surface area contributed by atoms with Crippen molar-refractivity contribution in [1.29, 1.82) is 0 Å². The van der Waals surface area contributed by atoms with Gasteiger partial charge in [-0.25, -0.2) is 0 Å². The summed E-state index contributed by atoms with van der Waals surface area (Å²) >= 11 is 0. The van der Waals surface area contributed by atoms with Crippen LogP contribution in [0.2, 0.25) is 0 Å². The molecule has 2 unspecified atom stereocenters. The first kappa shape index (κ1) is 13.0. The van der Waals surface area contributed by atoms with E-state index in [1.807, 2.05) is 0 Å². The van der Waals surface area contributed by atoms with Crippen molar-refractivity contribution in [1.82, 2.24) is 5.32 Å². The van der Waals surface area contributed by atoms with E-state index in [-0.39, 0.29) is 5.60 Å². The van der Waals surface area contributed by atoms with E-state index < -0.39 is 0 Å². The smallest absolute Gasteiger partial charge is 0.123 e. The maximum atomic E-state index is 5.96. The molecule has 1 fully saturated rings. The average molecular weight is 259 g/mol. The van der Waals surface area contributed by atoms with E-state index in [1.165, 1.54) is 17.5 Å². The van der Waals surface area contributed by atoms with Crippen LogP contribution in [-0.2, 0) is 6.42 Å². The first-order valence-corrected chi connectivity index (χ1v) is 7.31. The highest BCUT2D eigenvalue weighted by Gasteiger charge is 2.50. The van der Waals surface area contributed by atoms with E-state index in [0.717, 1.165) is 18.1 Å². The Kier molecular flexibility index (Phi) is 2.72. The summed E-state index contributed by atoms with van der Waals surface area (Å²) in [7, 11) is 2.08. The van der Waals surface area contributed by atoms with Gasteiger partial charge in [-0.2, -0.15) is 0 Å². The molecule has 104 valence electrons. The highest BCUT2D eigenvalue weighted by atomic mass is 16.5. The van der Waals surface area contributed by atoms with Crippen molar-refractivity contribution in [3.63, 3.8) is 0 Å². The van der Waals surface area contributed by atoms with Crippen molar-refractivity contribution in [2.75, 3.05) is 7.05 Å². The molecule has 1 aromatic carbocycles. The first-order chi connectivity index (χ1) is 8.82. The van der Waals surface area contributed by atoms with Gasteiger partial charge in [-0.1, -0.05) is 26.0 Å². The zero-order chi connectivity index (χ0) is 13.8. The van der Waals surface area contributed by atoms with Crippen LogP contribution in [0.5, 0.6) is 5.75 Å². The summed E-state index contributed by atoms with van der Waals surface area (Å²) in [5.74, 6) is 1.82. The van der Waals surface area contributed by atoms with E-state index in [9.17, 15) is 0 Å². The zero-order valence-corrected chi connectivity index (χ0v) is 12.7. The lowest BCUT2D eigenvalue weighted by Gasteiger charge is -2.19. The molecule has 2 nitrogen and oxygen atoms in total. The van der Waals surface area contributed by atoms with Crippen molar-refractivity contribution < 1.29 is 4.74 Å². The summed E-state index contributed by atoms with van der Waals surface area (Å²) in [4.78, 5) is 0. The van der Waals surface area contributed by atoms with Gasteiger partial charge in [0.05, 0.1) is 0 Å². The van der Waals surface area contributed by atoms with Gasteiger partial charge in [-0.05, 0) is 55.8 Å². The zero-order valence-electron chi connectivity index (χ0n) is 12.7. The van der Waals surface area contributed by atoms with Crippen molar-refractivity contribution in [2.45, 2.75) is 52.2 Å². The van der Waals surface area contributed by atoms with Gasteiger partial charge < -0.3 is 10.1 Å². The monoisotopic (exact) mass is 259 g/mol. The SMILES string of the molecule is CNC(c1ccc2c(c1)CC(C)(C)O2)C1CC1(C)C. The molecule has 0 amide bonds. The molecule has 2 aliphatic rings. The van der Waals surface area contributed by atoms with Crippen LogP contribution in [0.3, 0.4) is 0 Å². The van der Waals surface area contributed by atoms with E-state index in [0.29, 0.717) is 11.5 Å². The summed E-state index contributed by atoms with van der Waals surface area (Å²) in [5.41, 5.74) is 3.22. The van der Waals surface area contributed by atoms with Gasteiger partial charge in [0.1, 0.15) is 11.4 Å². The molecule has 19 heavy (non-hydrogen) atoms. The van der Waals surface area contributed by atoms with Crippen molar-refractivity contribution in [2.24, 2.45) is 11.3 Å². The molecule has 2 atom stereocenters. The molecule has 0 saturated heterocycles. The molecule has 0 aromatic heterocycles. The summed E-state index contributed by atoms with van der Waals surface area (Å²) < 4.78 is 5.96. The van der Waals surface area contributed by atoms with Crippen LogP contribution in [0.4, 0.5) is 0 Å². The van der Waals surface area contributed by atoms with Crippen molar-refractivity contribution in [3.8, 4) is 5.75 Å². The summed E-state index contributed by atoms with van der Waals surface area (Å²) in [5, 5.41) is 3.51. The molecule has 0 spiro atoms. The Morgan fingerprint density at radius 3 is 2.53 bits per heavy atom. The first-order valence-electron chi connectivity index (χ1n) is 7.31. The van der Waals surface area contributed by atoms with Crippen LogP contribution in [0.25, 0.3) is 0 Å². The second-order valence-corrected chi connectivity index (χ2v) is 7.47. The van der Waals surface area contributed by atoms with Gasteiger partial charge in [-0.3, -0.25) is 0 Å². The number of fused-ring (bicyclic) bond motifs is 1. The maximum absolute atomic E-state index is 5.96. The van der Waals surface area contributed by atoms with E-state index >= 15 is 0 Å². The topological polar surface area (TPSA) is 21.3 Å². The number of nitrogens with one attached hydrogen (secondary N) is 1. The normalized spacial score (nSPS) is 27.5. The molecule has 1 aliphatic heterocycles. The number of rotatable bonds is 3. The summed E-state index contributed by atoms with van der Waals surface area (Å²) in [6.07, 6.45) is 2.33. The summed E-state index contributed by atoms with van der Waals surface area (Å²) in [6.45, 7) is 9.04. The molecule has 0 bridgehead atoms. The molecule has 1 aliphatic carbocycles. The standard InChI is InChI=1S/C17H25NO/c1-16(2)10-13(16)15(18-5)11-6-7-14-12(8-11)9-17(3,4)19-14/h6-8,13,15,18H,9-10H2,1-5H3. The largest absolute Gasteiger partial charge is 0.487 e. The molecule has 1 aromatic rings. The van der Waals surface area contributed by atoms with Gasteiger partial charge >= 0.3 is 0 Å². The molecular formula is C17H25NO. The van der Waals surface area contributed by atoms with Crippen LogP contribution in [-0.4, -0.2) is 12.6 Å². The van der Waals surface area contributed by atoms with Gasteiger partial charge in [0.15, 0.2) is 0 Å². The lowest BCUT2D eigenvalue weighted by atomic mass is 9.94. The van der Waals surface area contributed by atoms with E-state index in [1.54, 1.807) is 0 Å². The molecule has 3 rings (SSSR count). The molecular weight excluding hydrogens is 234 g/mol. The van der Waals surface area contributed by atoms with Crippen LogP contribution < -0.4 is 10.1 Å².